The Morgan fingerprint density at radius 3 is 1.09 bits per heavy atom. The van der Waals surface area contributed by atoms with Crippen molar-refractivity contribution < 1.29 is 68.3 Å². The summed E-state index contributed by atoms with van der Waals surface area (Å²) >= 11 is 0. The van der Waals surface area contributed by atoms with Crippen LogP contribution in [0.25, 0.3) is 33.4 Å². The van der Waals surface area contributed by atoms with E-state index in [2.05, 4.69) is 84.9 Å². The summed E-state index contributed by atoms with van der Waals surface area (Å²) in [6.45, 7) is 0. The van der Waals surface area contributed by atoms with Crippen LogP contribution in [-0.4, -0.2) is 0 Å². The van der Waals surface area contributed by atoms with Gasteiger partial charge in [-0.15, -0.1) is 12.1 Å². The fourth-order valence-corrected chi connectivity index (χ4v) is 4.20. The SMILES string of the molecule is [Fe+2].[Fe+2].[Fe+2].[Fe+2].c1cc[c-](-c2ccc[c-]2-c2ccc[c-]2-[c-]2cccc2)c1.c1cc[cH-]c1.c1cc[cH-]c1.c1cc[cH-]c1.c1cc[cH-]c1. The molecule has 0 heterocycles. The van der Waals surface area contributed by atoms with Gasteiger partial charge in [0.1, 0.15) is 0 Å². The molecular weight excluding hydrogens is 704 g/mol. The van der Waals surface area contributed by atoms with Gasteiger partial charge in [-0.1, -0.05) is 0 Å². The molecule has 0 nitrogen and oxygen atoms in total. The van der Waals surface area contributed by atoms with Crippen LogP contribution in [0.15, 0.2) is 206 Å². The first-order chi connectivity index (χ1) is 19.9. The Morgan fingerprint density at radius 2 is 0.705 bits per heavy atom. The summed E-state index contributed by atoms with van der Waals surface area (Å²) in [7, 11) is 0. The molecule has 8 rings (SSSR count). The fourth-order valence-electron chi connectivity index (χ4n) is 4.20. The minimum absolute atomic E-state index is 0. The molecule has 44 heavy (non-hydrogen) atoms. The van der Waals surface area contributed by atoms with E-state index in [0.717, 1.165) is 0 Å². The molecule has 0 fully saturated rings. The van der Waals surface area contributed by atoms with Crippen LogP contribution in [0.4, 0.5) is 0 Å². The molecule has 8 aromatic carbocycles. The first kappa shape index (κ1) is 40.9. The van der Waals surface area contributed by atoms with Gasteiger partial charge >= 0.3 is 68.3 Å². The van der Waals surface area contributed by atoms with Crippen molar-refractivity contribution in [3.8, 4) is 33.4 Å². The summed E-state index contributed by atoms with van der Waals surface area (Å²) < 4.78 is 0. The molecule has 0 saturated heterocycles. The van der Waals surface area contributed by atoms with Crippen LogP contribution in [0.2, 0.25) is 0 Å². The molecule has 4 heteroatoms. The molecular formula is C40H34Fe4. The van der Waals surface area contributed by atoms with Crippen molar-refractivity contribution in [1.29, 1.82) is 0 Å². The van der Waals surface area contributed by atoms with Crippen LogP contribution in [0, 0.1) is 0 Å². The van der Waals surface area contributed by atoms with Crippen molar-refractivity contribution in [2.45, 2.75) is 0 Å². The molecule has 0 amide bonds. The number of rotatable bonds is 3. The van der Waals surface area contributed by atoms with E-state index >= 15 is 0 Å². The molecule has 0 aliphatic carbocycles. The molecule has 0 N–H and O–H groups in total. The molecule has 0 atom stereocenters. The van der Waals surface area contributed by atoms with Gasteiger partial charge in [0.15, 0.2) is 0 Å². The monoisotopic (exact) mass is 738 g/mol. The third-order valence-electron chi connectivity index (χ3n) is 6.09. The third-order valence-corrected chi connectivity index (χ3v) is 6.09. The average Bonchev–Trinajstić information content (AvgIpc) is 3.90. The van der Waals surface area contributed by atoms with Gasteiger partial charge in [0, 0.05) is 0 Å². The zero-order valence-corrected chi connectivity index (χ0v) is 28.5. The maximum absolute atomic E-state index is 2.21. The largest absolute Gasteiger partial charge is 2.00 e. The quantitative estimate of drug-likeness (QED) is 0.125. The van der Waals surface area contributed by atoms with Crippen molar-refractivity contribution in [1.82, 2.24) is 0 Å². The summed E-state index contributed by atoms with van der Waals surface area (Å²) in [4.78, 5) is 0. The second-order valence-electron chi connectivity index (χ2n) is 8.90. The average molecular weight is 738 g/mol. The Bertz CT molecular complexity index is 1310. The van der Waals surface area contributed by atoms with Gasteiger partial charge in [0.05, 0.1) is 0 Å². The Hall–Kier alpha value is -3.12. The van der Waals surface area contributed by atoms with Gasteiger partial charge in [-0.2, -0.15) is 90.0 Å². The maximum atomic E-state index is 2.21. The zero-order valence-electron chi connectivity index (χ0n) is 24.0. The van der Waals surface area contributed by atoms with Gasteiger partial charge in [0.25, 0.3) is 0 Å². The Labute approximate surface area is 305 Å². The zero-order chi connectivity index (χ0) is 27.5. The van der Waals surface area contributed by atoms with E-state index in [1.54, 1.807) is 0 Å². The number of hydrogen-bond donors (Lipinski definition) is 0. The summed E-state index contributed by atoms with van der Waals surface area (Å²) in [5.41, 5.74) is 7.84. The normalized spacial score (nSPS) is 8.64. The molecule has 8 aromatic rings. The molecule has 0 aliphatic rings. The Morgan fingerprint density at radius 1 is 0.341 bits per heavy atom. The molecule has 0 unspecified atom stereocenters. The van der Waals surface area contributed by atoms with E-state index in [-0.39, 0.29) is 68.3 Å². The van der Waals surface area contributed by atoms with Crippen LogP contribution < -0.4 is 0 Å². The van der Waals surface area contributed by atoms with Gasteiger partial charge < -0.3 is 0 Å². The van der Waals surface area contributed by atoms with Crippen LogP contribution in [0.3, 0.4) is 0 Å². The van der Waals surface area contributed by atoms with E-state index in [9.17, 15) is 0 Å². The smallest absolute Gasteiger partial charge is 0.265 e. The summed E-state index contributed by atoms with van der Waals surface area (Å²) in [6.07, 6.45) is 0. The molecule has 0 aliphatic heterocycles. The molecule has 226 valence electrons. The first-order valence-corrected chi connectivity index (χ1v) is 13.6. The molecule has 0 radical (unpaired) electrons. The van der Waals surface area contributed by atoms with Crippen molar-refractivity contribution >= 4 is 0 Å². The Balaban J connectivity index is 0.000000633. The Kier molecular flexibility index (Phi) is 23.4. The summed E-state index contributed by atoms with van der Waals surface area (Å²) in [5.74, 6) is 0. The predicted octanol–water partition coefficient (Wildman–Crippen LogP) is 11.2. The van der Waals surface area contributed by atoms with Gasteiger partial charge in [-0.05, 0) is 0 Å². The maximum Gasteiger partial charge on any atom is 2.00 e. The van der Waals surface area contributed by atoms with Crippen LogP contribution in [0.1, 0.15) is 0 Å². The standard InChI is InChI=1S/C20H14.4C5H5.4Fe/c1-2-8-15(7-1)17-11-5-13-19(17)20-14-6-12-18(20)16-9-3-4-10-16;4*1-2-4-5-3-1;;;;/h1-14H;4*1-5H;;;;/q-4;4*-1;4*+2. The minimum Gasteiger partial charge on any atom is -0.265 e. The van der Waals surface area contributed by atoms with Crippen molar-refractivity contribution in [3.05, 3.63) is 206 Å². The van der Waals surface area contributed by atoms with Gasteiger partial charge in [-0.3, -0.25) is 28.8 Å². The molecule has 0 bridgehead atoms. The van der Waals surface area contributed by atoms with Crippen LogP contribution >= 0.6 is 0 Å². The first-order valence-electron chi connectivity index (χ1n) is 13.6. The van der Waals surface area contributed by atoms with Gasteiger partial charge in [0.2, 0.25) is 0 Å². The van der Waals surface area contributed by atoms with Crippen LogP contribution in [0.5, 0.6) is 0 Å². The van der Waals surface area contributed by atoms with Crippen LogP contribution in [-0.2, 0) is 68.3 Å². The summed E-state index contributed by atoms with van der Waals surface area (Å²) in [5, 5.41) is 0. The van der Waals surface area contributed by atoms with E-state index < -0.39 is 0 Å². The fraction of sp³-hybridized carbons (Fsp3) is 0. The van der Waals surface area contributed by atoms with E-state index in [1.807, 2.05) is 121 Å². The predicted molar refractivity (Wildman–Crippen MR) is 173 cm³/mol. The van der Waals surface area contributed by atoms with E-state index in [4.69, 9.17) is 0 Å². The topological polar surface area (TPSA) is 0 Å². The summed E-state index contributed by atoms with van der Waals surface area (Å²) in [6, 6.07) is 70.2. The second-order valence-corrected chi connectivity index (χ2v) is 8.90. The van der Waals surface area contributed by atoms with Crippen molar-refractivity contribution in [2.75, 3.05) is 0 Å². The number of hydrogen-bond acceptors (Lipinski definition) is 0. The van der Waals surface area contributed by atoms with E-state index in [1.165, 1.54) is 33.4 Å². The van der Waals surface area contributed by atoms with Gasteiger partial charge in [-0.25, -0.2) is 109 Å². The van der Waals surface area contributed by atoms with E-state index in [0.29, 0.717) is 0 Å². The van der Waals surface area contributed by atoms with Crippen molar-refractivity contribution in [2.24, 2.45) is 0 Å². The third kappa shape index (κ3) is 14.1. The minimum atomic E-state index is 0. The molecule has 0 spiro atoms. The van der Waals surface area contributed by atoms with Crippen molar-refractivity contribution in [3.63, 3.8) is 0 Å². The molecule has 0 saturated carbocycles. The second kappa shape index (κ2) is 25.2. The molecule has 0 aromatic heterocycles.